The average molecular weight is 523 g/mol. The lowest BCUT2D eigenvalue weighted by atomic mass is 9.66. The predicted molar refractivity (Wildman–Crippen MR) is 137 cm³/mol. The Balaban J connectivity index is 1.68. The number of likely N-dealkylation sites (tertiary alicyclic amines) is 1. The lowest BCUT2D eigenvalue weighted by Gasteiger charge is -2.38. The number of halogens is 1. The maximum absolute atomic E-state index is 14.0. The first-order valence-corrected chi connectivity index (χ1v) is 13.8. The second-order valence-corrected chi connectivity index (χ2v) is 11.9. The number of fused-ring (bicyclic) bond motifs is 1. The molecule has 3 heterocycles. The normalized spacial score (nSPS) is 31.1. The molecule has 1 spiro atoms. The van der Waals surface area contributed by atoms with Gasteiger partial charge in [0.05, 0.1) is 33.9 Å². The van der Waals surface area contributed by atoms with Crippen molar-refractivity contribution in [1.29, 1.82) is 0 Å². The van der Waals surface area contributed by atoms with E-state index in [1.165, 1.54) is 0 Å². The van der Waals surface area contributed by atoms with Crippen LogP contribution in [0.3, 0.4) is 0 Å². The van der Waals surface area contributed by atoms with Gasteiger partial charge in [-0.3, -0.25) is 14.4 Å². The number of rotatable bonds is 10. The van der Waals surface area contributed by atoms with Crippen molar-refractivity contribution in [3.05, 3.63) is 28.8 Å². The van der Waals surface area contributed by atoms with Gasteiger partial charge in [0.25, 0.3) is 0 Å². The zero-order valence-electron chi connectivity index (χ0n) is 20.6. The number of aliphatic hydroxyl groups excluding tert-OH is 1. The molecule has 1 aromatic carbocycles. The van der Waals surface area contributed by atoms with Gasteiger partial charge < -0.3 is 20.1 Å². The second kappa shape index (κ2) is 10.7. The Bertz CT molecular complexity index is 970. The van der Waals surface area contributed by atoms with Crippen LogP contribution in [-0.4, -0.2) is 63.6 Å². The van der Waals surface area contributed by atoms with E-state index in [2.05, 4.69) is 12.2 Å². The van der Waals surface area contributed by atoms with Crippen molar-refractivity contribution >= 4 is 46.8 Å². The van der Waals surface area contributed by atoms with Crippen LogP contribution >= 0.6 is 23.4 Å². The number of amides is 2. The molecule has 1 aromatic rings. The Morgan fingerprint density at radius 1 is 1.29 bits per heavy atom. The third-order valence-corrected chi connectivity index (χ3v) is 10.2. The van der Waals surface area contributed by atoms with Gasteiger partial charge in [0, 0.05) is 18.4 Å². The van der Waals surface area contributed by atoms with Gasteiger partial charge in [0.2, 0.25) is 11.8 Å². The molecule has 3 aliphatic rings. The molecule has 3 unspecified atom stereocenters. The summed E-state index contributed by atoms with van der Waals surface area (Å²) in [4.78, 5) is 42.6. The largest absolute Gasteiger partial charge is 0.466 e. The van der Waals surface area contributed by atoms with E-state index in [4.69, 9.17) is 21.4 Å². The lowest BCUT2D eigenvalue weighted by Crippen LogP contribution is -2.54. The smallest absolute Gasteiger partial charge is 0.310 e. The minimum atomic E-state index is -0.696. The maximum Gasteiger partial charge on any atom is 0.310 e. The van der Waals surface area contributed by atoms with E-state index in [-0.39, 0.29) is 42.2 Å². The van der Waals surface area contributed by atoms with Gasteiger partial charge in [0.1, 0.15) is 6.04 Å². The minimum absolute atomic E-state index is 0.0259. The van der Waals surface area contributed by atoms with Gasteiger partial charge in [-0.05, 0) is 50.7 Å². The van der Waals surface area contributed by atoms with Crippen LogP contribution in [0.4, 0.5) is 5.69 Å². The summed E-state index contributed by atoms with van der Waals surface area (Å²) in [6, 6.07) is 4.76. The number of benzene rings is 1. The number of carbonyl (C=O) groups is 3. The number of para-hydroxylation sites is 1. The molecular weight excluding hydrogens is 488 g/mol. The van der Waals surface area contributed by atoms with Gasteiger partial charge in [0.15, 0.2) is 0 Å². The molecule has 9 heteroatoms. The molecule has 3 fully saturated rings. The highest BCUT2D eigenvalue weighted by Gasteiger charge is 2.76. The van der Waals surface area contributed by atoms with Gasteiger partial charge in [-0.2, -0.15) is 0 Å². The van der Waals surface area contributed by atoms with Crippen LogP contribution < -0.4 is 5.32 Å². The number of unbranched alkanes of at least 4 members (excludes halogenated alkanes) is 3. The van der Waals surface area contributed by atoms with E-state index in [1.807, 2.05) is 19.1 Å². The molecule has 7 nitrogen and oxygen atoms in total. The van der Waals surface area contributed by atoms with Crippen molar-refractivity contribution in [2.75, 3.05) is 25.1 Å². The summed E-state index contributed by atoms with van der Waals surface area (Å²) in [6.45, 7) is 6.61. The minimum Gasteiger partial charge on any atom is -0.466 e. The third-order valence-electron chi connectivity index (χ3n) is 7.83. The molecule has 3 aliphatic heterocycles. The third kappa shape index (κ3) is 4.46. The standard InChI is InChI=1S/C26H35ClN2O5S/c1-4-34-25(33)19-18-14-16(3)26(35-18)20(19)24(32)29(12-7-5-6-8-13-30)22(26)23(31)28-21-15(2)10-9-11-17(21)27/h9-11,16,18-20,22,30H,4-8,12-14H2,1-3H3,(H,28,31)/t16?,18-,19+,20-,22?,26?/m0/s1. The second-order valence-electron chi connectivity index (χ2n) is 9.90. The van der Waals surface area contributed by atoms with Gasteiger partial charge in [-0.25, -0.2) is 0 Å². The van der Waals surface area contributed by atoms with Crippen LogP contribution in [-0.2, 0) is 19.1 Å². The monoisotopic (exact) mass is 522 g/mol. The summed E-state index contributed by atoms with van der Waals surface area (Å²) in [5.74, 6) is -1.71. The molecule has 4 rings (SSSR count). The zero-order valence-corrected chi connectivity index (χ0v) is 22.2. The van der Waals surface area contributed by atoms with Crippen LogP contribution in [0.15, 0.2) is 18.2 Å². The van der Waals surface area contributed by atoms with Crippen molar-refractivity contribution in [3.8, 4) is 0 Å². The fourth-order valence-corrected chi connectivity index (χ4v) is 8.97. The fourth-order valence-electron chi connectivity index (χ4n) is 6.30. The summed E-state index contributed by atoms with van der Waals surface area (Å²) >= 11 is 8.05. The number of hydrogen-bond acceptors (Lipinski definition) is 6. The Morgan fingerprint density at radius 3 is 2.71 bits per heavy atom. The SMILES string of the molecule is CCOC(=O)[C@@H]1[C@@H]2CC(C)C3(S2)C(C(=O)Nc2c(C)cccc2Cl)N(CCCCCCO)C(=O)[C@H]13. The summed E-state index contributed by atoms with van der Waals surface area (Å²) in [5, 5.41) is 12.5. The zero-order chi connectivity index (χ0) is 25.3. The maximum atomic E-state index is 14.0. The highest BCUT2D eigenvalue weighted by molar-refractivity contribution is 8.02. The number of aryl methyl sites for hydroxylation is 1. The van der Waals surface area contributed by atoms with Gasteiger partial charge >= 0.3 is 5.97 Å². The van der Waals surface area contributed by atoms with Crippen molar-refractivity contribution in [1.82, 2.24) is 4.90 Å². The molecule has 6 atom stereocenters. The highest BCUT2D eigenvalue weighted by Crippen LogP contribution is 2.68. The van der Waals surface area contributed by atoms with E-state index in [0.717, 1.165) is 37.7 Å². The number of hydrogen-bond donors (Lipinski definition) is 2. The van der Waals surface area contributed by atoms with E-state index in [0.29, 0.717) is 17.3 Å². The van der Waals surface area contributed by atoms with Crippen LogP contribution in [0.25, 0.3) is 0 Å². The number of ether oxygens (including phenoxy) is 1. The topological polar surface area (TPSA) is 95.9 Å². The molecule has 3 saturated heterocycles. The number of thioether (sulfide) groups is 1. The Morgan fingerprint density at radius 2 is 2.03 bits per heavy atom. The Labute approximate surface area is 216 Å². The van der Waals surface area contributed by atoms with E-state index < -0.39 is 22.6 Å². The first kappa shape index (κ1) is 26.3. The molecule has 35 heavy (non-hydrogen) atoms. The summed E-state index contributed by atoms with van der Waals surface area (Å²) in [5.41, 5.74) is 1.40. The number of anilines is 1. The van der Waals surface area contributed by atoms with Crippen LogP contribution in [0.2, 0.25) is 5.02 Å². The number of carbonyl (C=O) groups excluding carboxylic acids is 3. The molecule has 0 saturated carbocycles. The van der Waals surface area contributed by atoms with E-state index in [1.54, 1.807) is 29.7 Å². The Kier molecular flexibility index (Phi) is 8.03. The quantitative estimate of drug-likeness (QED) is 0.355. The first-order chi connectivity index (χ1) is 16.8. The predicted octanol–water partition coefficient (Wildman–Crippen LogP) is 4.04. The molecule has 0 aliphatic carbocycles. The van der Waals surface area contributed by atoms with Crippen LogP contribution in [0.1, 0.15) is 51.5 Å². The molecular formula is C26H35ClN2O5S. The molecule has 2 N–H and O–H groups in total. The average Bonchev–Trinajstić information content (AvgIpc) is 3.40. The van der Waals surface area contributed by atoms with Crippen molar-refractivity contribution in [2.24, 2.45) is 17.8 Å². The summed E-state index contributed by atoms with van der Waals surface area (Å²) in [6.07, 6.45) is 3.94. The molecule has 0 aromatic heterocycles. The fraction of sp³-hybridized carbons (Fsp3) is 0.654. The number of esters is 1. The van der Waals surface area contributed by atoms with Crippen molar-refractivity contribution in [3.63, 3.8) is 0 Å². The van der Waals surface area contributed by atoms with Crippen molar-refractivity contribution < 1.29 is 24.2 Å². The first-order valence-electron chi connectivity index (χ1n) is 12.6. The molecule has 2 bridgehead atoms. The number of aliphatic hydroxyl groups is 1. The molecule has 192 valence electrons. The Hall–Kier alpha value is -1.77. The van der Waals surface area contributed by atoms with E-state index in [9.17, 15) is 14.4 Å². The van der Waals surface area contributed by atoms with Crippen LogP contribution in [0.5, 0.6) is 0 Å². The van der Waals surface area contributed by atoms with Crippen molar-refractivity contribution in [2.45, 2.75) is 68.9 Å². The van der Waals surface area contributed by atoms with Crippen LogP contribution in [0, 0.1) is 24.7 Å². The summed E-state index contributed by atoms with van der Waals surface area (Å²) in [7, 11) is 0. The number of nitrogens with zero attached hydrogens (tertiary/aromatic N) is 1. The number of nitrogens with one attached hydrogen (secondary N) is 1. The van der Waals surface area contributed by atoms with E-state index >= 15 is 0 Å². The summed E-state index contributed by atoms with van der Waals surface area (Å²) < 4.78 is 4.71. The lowest BCUT2D eigenvalue weighted by molar-refractivity contribution is -0.154. The molecule has 0 radical (unpaired) electrons. The van der Waals surface area contributed by atoms with Gasteiger partial charge in [-0.15, -0.1) is 11.8 Å². The van der Waals surface area contributed by atoms with Gasteiger partial charge in [-0.1, -0.05) is 43.5 Å². The molecule has 2 amide bonds. The highest BCUT2D eigenvalue weighted by atomic mass is 35.5.